The van der Waals surface area contributed by atoms with Gasteiger partial charge in [0.1, 0.15) is 0 Å². The van der Waals surface area contributed by atoms with Crippen molar-refractivity contribution in [2.45, 2.75) is 12.3 Å². The molecule has 0 spiro atoms. The minimum Gasteiger partial charge on any atom is -0.504 e. The lowest BCUT2D eigenvalue weighted by Gasteiger charge is -2.39. The minimum absolute atomic E-state index is 0.00287. The summed E-state index contributed by atoms with van der Waals surface area (Å²) in [6, 6.07) is 6.79. The zero-order valence-corrected chi connectivity index (χ0v) is 16.2. The third-order valence-corrected chi connectivity index (χ3v) is 5.60. The van der Waals surface area contributed by atoms with Crippen LogP contribution in [0, 0.1) is 11.8 Å². The first-order valence-electron chi connectivity index (χ1n) is 9.05. The van der Waals surface area contributed by atoms with Crippen LogP contribution in [0.5, 0.6) is 28.7 Å². The Bertz CT molecular complexity index is 824. The lowest BCUT2D eigenvalue weighted by molar-refractivity contribution is 0.101. The number of rotatable bonds is 6. The smallest absolute Gasteiger partial charge is 0.200 e. The second kappa shape index (κ2) is 8.16. The molecule has 0 fully saturated rings. The Hall–Kier alpha value is -2.64. The molecule has 2 aromatic carbocycles. The van der Waals surface area contributed by atoms with Crippen LogP contribution >= 0.6 is 0 Å². The lowest BCUT2D eigenvalue weighted by atomic mass is 9.67. The number of hydrogen-bond acceptors (Lipinski definition) is 7. The summed E-state index contributed by atoms with van der Waals surface area (Å²) in [5, 5.41) is 40.6. The molecule has 0 bridgehead atoms. The van der Waals surface area contributed by atoms with E-state index in [0.29, 0.717) is 12.2 Å². The van der Waals surface area contributed by atoms with Crippen LogP contribution in [0.4, 0.5) is 0 Å². The first-order chi connectivity index (χ1) is 13.5. The van der Waals surface area contributed by atoms with Crippen LogP contribution in [0.2, 0.25) is 0 Å². The second-order valence-electron chi connectivity index (χ2n) is 6.97. The van der Waals surface area contributed by atoms with Crippen molar-refractivity contribution in [1.29, 1.82) is 0 Å². The number of phenolic OH excluding ortho intramolecular Hbond substituents is 2. The van der Waals surface area contributed by atoms with E-state index < -0.39 is 0 Å². The van der Waals surface area contributed by atoms with Crippen molar-refractivity contribution in [1.82, 2.24) is 0 Å². The van der Waals surface area contributed by atoms with Gasteiger partial charge in [0.05, 0.1) is 21.3 Å². The van der Waals surface area contributed by atoms with Gasteiger partial charge in [-0.1, -0.05) is 0 Å². The van der Waals surface area contributed by atoms with Gasteiger partial charge in [0, 0.05) is 19.1 Å². The maximum absolute atomic E-state index is 10.3. The lowest BCUT2D eigenvalue weighted by Crippen LogP contribution is -2.35. The molecule has 0 radical (unpaired) electrons. The van der Waals surface area contributed by atoms with Crippen LogP contribution in [-0.2, 0) is 6.42 Å². The van der Waals surface area contributed by atoms with E-state index in [4.69, 9.17) is 14.2 Å². The fourth-order valence-corrected chi connectivity index (χ4v) is 4.17. The molecule has 0 aromatic heterocycles. The van der Waals surface area contributed by atoms with E-state index in [0.717, 1.165) is 16.7 Å². The predicted octanol–water partition coefficient (Wildman–Crippen LogP) is 2.03. The maximum atomic E-state index is 10.3. The highest BCUT2D eigenvalue weighted by Crippen LogP contribution is 2.49. The predicted molar refractivity (Wildman–Crippen MR) is 103 cm³/mol. The summed E-state index contributed by atoms with van der Waals surface area (Å²) in [6.45, 7) is -0.232. The minimum atomic E-state index is -0.342. The van der Waals surface area contributed by atoms with Crippen molar-refractivity contribution < 1.29 is 34.6 Å². The van der Waals surface area contributed by atoms with Gasteiger partial charge in [0.15, 0.2) is 23.0 Å². The van der Waals surface area contributed by atoms with Gasteiger partial charge >= 0.3 is 0 Å². The molecule has 0 saturated carbocycles. The molecule has 7 heteroatoms. The SMILES string of the molecule is COc1cc2c(cc1O)[C@@H](c1cc(OC)c(O)c(OC)c1)[C@H](CO)[C@@H](CO)C2. The molecule has 0 aliphatic heterocycles. The molecule has 3 rings (SSSR count). The molecular formula is C21H26O7. The molecule has 0 saturated heterocycles. The molecule has 1 aliphatic rings. The molecule has 0 unspecified atom stereocenters. The Labute approximate surface area is 163 Å². The van der Waals surface area contributed by atoms with Crippen LogP contribution in [-0.4, -0.2) is 55.0 Å². The topological polar surface area (TPSA) is 109 Å². The van der Waals surface area contributed by atoms with Crippen molar-refractivity contribution >= 4 is 0 Å². The normalized spacial score (nSPS) is 21.1. The molecule has 152 valence electrons. The van der Waals surface area contributed by atoms with Crippen LogP contribution in [0.15, 0.2) is 24.3 Å². The van der Waals surface area contributed by atoms with Crippen molar-refractivity contribution in [3.63, 3.8) is 0 Å². The van der Waals surface area contributed by atoms with E-state index in [1.165, 1.54) is 21.3 Å². The summed E-state index contributed by atoms with van der Waals surface area (Å²) in [4.78, 5) is 0. The zero-order chi connectivity index (χ0) is 20.4. The average molecular weight is 390 g/mol. The number of hydrogen-bond donors (Lipinski definition) is 4. The molecule has 0 amide bonds. The van der Waals surface area contributed by atoms with E-state index in [2.05, 4.69) is 0 Å². The highest BCUT2D eigenvalue weighted by molar-refractivity contribution is 5.57. The van der Waals surface area contributed by atoms with Crippen molar-refractivity contribution in [2.75, 3.05) is 34.5 Å². The monoisotopic (exact) mass is 390 g/mol. The largest absolute Gasteiger partial charge is 0.504 e. The zero-order valence-electron chi connectivity index (χ0n) is 16.2. The molecule has 4 N–H and O–H groups in total. The van der Waals surface area contributed by atoms with Gasteiger partial charge in [-0.2, -0.15) is 0 Å². The molecule has 1 aliphatic carbocycles. The van der Waals surface area contributed by atoms with E-state index in [9.17, 15) is 20.4 Å². The van der Waals surface area contributed by atoms with E-state index >= 15 is 0 Å². The molecule has 0 heterocycles. The number of benzene rings is 2. The number of phenols is 2. The number of ether oxygens (including phenoxy) is 3. The number of fused-ring (bicyclic) bond motifs is 1. The van der Waals surface area contributed by atoms with Gasteiger partial charge in [0.2, 0.25) is 5.75 Å². The van der Waals surface area contributed by atoms with Crippen LogP contribution < -0.4 is 14.2 Å². The fraction of sp³-hybridized carbons (Fsp3) is 0.429. The van der Waals surface area contributed by atoms with Crippen LogP contribution in [0.3, 0.4) is 0 Å². The van der Waals surface area contributed by atoms with Gasteiger partial charge in [-0.05, 0) is 59.2 Å². The second-order valence-corrected chi connectivity index (χ2v) is 6.97. The van der Waals surface area contributed by atoms with Crippen LogP contribution in [0.1, 0.15) is 22.6 Å². The fourth-order valence-electron chi connectivity index (χ4n) is 4.17. The van der Waals surface area contributed by atoms with Gasteiger partial charge in [-0.3, -0.25) is 0 Å². The average Bonchev–Trinajstić information content (AvgIpc) is 2.72. The summed E-state index contributed by atoms with van der Waals surface area (Å²) < 4.78 is 15.8. The van der Waals surface area contributed by atoms with E-state index in [1.54, 1.807) is 24.3 Å². The number of aliphatic hydroxyl groups is 2. The molecule has 7 nitrogen and oxygen atoms in total. The first kappa shape index (κ1) is 20.1. The number of methoxy groups -OCH3 is 3. The number of aromatic hydroxyl groups is 2. The molecule has 2 aromatic rings. The molecular weight excluding hydrogens is 364 g/mol. The summed E-state index contributed by atoms with van der Waals surface area (Å²) in [5.74, 6) is -0.0620. The van der Waals surface area contributed by atoms with Gasteiger partial charge in [0.25, 0.3) is 0 Å². The Morgan fingerprint density at radius 3 is 1.96 bits per heavy atom. The maximum Gasteiger partial charge on any atom is 0.200 e. The van der Waals surface area contributed by atoms with Crippen molar-refractivity contribution in [2.24, 2.45) is 11.8 Å². The van der Waals surface area contributed by atoms with Gasteiger partial charge in [-0.15, -0.1) is 0 Å². The highest BCUT2D eigenvalue weighted by Gasteiger charge is 2.38. The first-order valence-corrected chi connectivity index (χ1v) is 9.05. The summed E-state index contributed by atoms with van der Waals surface area (Å²) in [6.07, 6.45) is 0.552. The molecule has 3 atom stereocenters. The summed E-state index contributed by atoms with van der Waals surface area (Å²) >= 11 is 0. The number of aliphatic hydroxyl groups excluding tert-OH is 2. The Kier molecular flexibility index (Phi) is 5.86. The summed E-state index contributed by atoms with van der Waals surface area (Å²) in [7, 11) is 4.38. The standard InChI is InChI=1S/C21H26O7/c1-26-17-5-11-4-13(9-22)15(10-23)20(14(11)8-16(17)24)12-6-18(27-2)21(25)19(7-12)28-3/h5-8,13,15,20,22-25H,4,9-10H2,1-3H3/t13-,15-,20-/m1/s1. The van der Waals surface area contributed by atoms with Gasteiger partial charge < -0.3 is 34.6 Å². The Morgan fingerprint density at radius 1 is 0.857 bits per heavy atom. The molecule has 28 heavy (non-hydrogen) atoms. The van der Waals surface area contributed by atoms with Crippen LogP contribution in [0.25, 0.3) is 0 Å². The third kappa shape index (κ3) is 3.31. The van der Waals surface area contributed by atoms with E-state index in [-0.39, 0.29) is 54.0 Å². The van der Waals surface area contributed by atoms with Crippen molar-refractivity contribution in [3.05, 3.63) is 41.0 Å². The van der Waals surface area contributed by atoms with Gasteiger partial charge in [-0.25, -0.2) is 0 Å². The highest BCUT2D eigenvalue weighted by atomic mass is 16.5. The van der Waals surface area contributed by atoms with Crippen molar-refractivity contribution in [3.8, 4) is 28.7 Å². The third-order valence-electron chi connectivity index (χ3n) is 5.60. The Morgan fingerprint density at radius 2 is 1.46 bits per heavy atom. The Balaban J connectivity index is 2.24. The quantitative estimate of drug-likeness (QED) is 0.598. The summed E-state index contributed by atoms with van der Waals surface area (Å²) in [5.41, 5.74) is 2.50. The van der Waals surface area contributed by atoms with E-state index in [1.807, 2.05) is 0 Å².